The van der Waals surface area contributed by atoms with Crippen molar-refractivity contribution in [3.63, 3.8) is 0 Å². The fourth-order valence-corrected chi connectivity index (χ4v) is 3.65. The Kier molecular flexibility index (Phi) is 5.08. The number of benzene rings is 1. The zero-order chi connectivity index (χ0) is 19.8. The summed E-state index contributed by atoms with van der Waals surface area (Å²) in [7, 11) is 0. The number of aryl methyl sites for hydroxylation is 1. The number of fused-ring (bicyclic) bond motifs is 1. The third-order valence-corrected chi connectivity index (χ3v) is 4.83. The number of ether oxygens (including phenoxy) is 1. The van der Waals surface area contributed by atoms with Gasteiger partial charge in [-0.1, -0.05) is 6.07 Å². The summed E-state index contributed by atoms with van der Waals surface area (Å²) in [6, 6.07) is 4.05. The molecule has 2 amide bonds. The van der Waals surface area contributed by atoms with Gasteiger partial charge in [0.15, 0.2) is 0 Å². The van der Waals surface area contributed by atoms with E-state index in [1.54, 1.807) is 31.7 Å². The lowest BCUT2D eigenvalue weighted by Crippen LogP contribution is -2.50. The van der Waals surface area contributed by atoms with Crippen molar-refractivity contribution in [2.45, 2.75) is 58.1 Å². The Balaban J connectivity index is 1.85. The quantitative estimate of drug-likeness (QED) is 0.584. The van der Waals surface area contributed by atoms with Crippen LogP contribution in [-0.4, -0.2) is 46.6 Å². The first-order valence-corrected chi connectivity index (χ1v) is 9.26. The standard InChI is InChI=1S/C19H25N3O5/c1-19(2,3)27-18(24)21-11-5-7-15(21)17(23)20-10-4-6-13-8-9-14(22(25)26)12-16(13)20/h8-9,12,15H,4-7,10-11H2,1-3H3. The molecule has 0 N–H and O–H groups in total. The number of nitro benzene ring substituents is 1. The maximum atomic E-state index is 13.2. The van der Waals surface area contributed by atoms with Crippen molar-refractivity contribution in [3.05, 3.63) is 33.9 Å². The van der Waals surface area contributed by atoms with E-state index in [0.717, 1.165) is 24.8 Å². The van der Waals surface area contributed by atoms with Crippen molar-refractivity contribution in [3.8, 4) is 0 Å². The predicted molar refractivity (Wildman–Crippen MR) is 99.7 cm³/mol. The molecule has 1 atom stereocenters. The predicted octanol–water partition coefficient (Wildman–Crippen LogP) is 3.27. The smallest absolute Gasteiger partial charge is 0.410 e. The van der Waals surface area contributed by atoms with E-state index in [4.69, 9.17) is 4.74 Å². The van der Waals surface area contributed by atoms with Crippen LogP contribution >= 0.6 is 0 Å². The van der Waals surface area contributed by atoms with Gasteiger partial charge in [0.2, 0.25) is 5.91 Å². The van der Waals surface area contributed by atoms with Crippen LogP contribution in [0.15, 0.2) is 18.2 Å². The number of nitrogens with zero attached hydrogens (tertiary/aromatic N) is 3. The third-order valence-electron chi connectivity index (χ3n) is 4.83. The molecule has 0 bridgehead atoms. The Labute approximate surface area is 158 Å². The minimum atomic E-state index is -0.633. The van der Waals surface area contributed by atoms with Gasteiger partial charge in [0.05, 0.1) is 10.6 Å². The van der Waals surface area contributed by atoms with E-state index in [0.29, 0.717) is 25.2 Å². The molecule has 1 unspecified atom stereocenters. The number of hydrogen-bond donors (Lipinski definition) is 0. The number of hydrogen-bond acceptors (Lipinski definition) is 5. The number of likely N-dealkylation sites (tertiary alicyclic amines) is 1. The van der Waals surface area contributed by atoms with Crippen LogP contribution < -0.4 is 4.90 Å². The molecule has 0 aliphatic carbocycles. The topological polar surface area (TPSA) is 93.0 Å². The highest BCUT2D eigenvalue weighted by Crippen LogP contribution is 2.33. The highest BCUT2D eigenvalue weighted by molar-refractivity contribution is 6.00. The van der Waals surface area contributed by atoms with E-state index < -0.39 is 22.7 Å². The minimum absolute atomic E-state index is 0.0381. The van der Waals surface area contributed by atoms with Crippen LogP contribution in [-0.2, 0) is 16.0 Å². The normalized spacial score (nSPS) is 19.6. The van der Waals surface area contributed by atoms with Crippen molar-refractivity contribution in [1.82, 2.24) is 4.90 Å². The summed E-state index contributed by atoms with van der Waals surface area (Å²) in [5, 5.41) is 11.1. The van der Waals surface area contributed by atoms with Gasteiger partial charge in [0.1, 0.15) is 11.6 Å². The SMILES string of the molecule is CC(C)(C)OC(=O)N1CCCC1C(=O)N1CCCc2ccc([N+](=O)[O-])cc21. The monoisotopic (exact) mass is 375 g/mol. The first kappa shape index (κ1) is 19.1. The van der Waals surface area contributed by atoms with E-state index in [1.165, 1.54) is 17.0 Å². The van der Waals surface area contributed by atoms with E-state index in [-0.39, 0.29) is 11.6 Å². The molecular formula is C19H25N3O5. The maximum absolute atomic E-state index is 13.2. The molecule has 1 fully saturated rings. The largest absolute Gasteiger partial charge is 0.444 e. The van der Waals surface area contributed by atoms with Crippen LogP contribution in [0.5, 0.6) is 0 Å². The lowest BCUT2D eigenvalue weighted by atomic mass is 10.00. The van der Waals surface area contributed by atoms with E-state index >= 15 is 0 Å². The Hall–Kier alpha value is -2.64. The number of nitro groups is 1. The van der Waals surface area contributed by atoms with Gasteiger partial charge in [0, 0.05) is 25.2 Å². The van der Waals surface area contributed by atoms with Crippen molar-refractivity contribution >= 4 is 23.4 Å². The van der Waals surface area contributed by atoms with Gasteiger partial charge in [-0.25, -0.2) is 4.79 Å². The van der Waals surface area contributed by atoms with Crippen LogP contribution in [0.3, 0.4) is 0 Å². The van der Waals surface area contributed by atoms with Crippen LogP contribution in [0.25, 0.3) is 0 Å². The zero-order valence-electron chi connectivity index (χ0n) is 15.9. The molecule has 8 nitrogen and oxygen atoms in total. The first-order valence-electron chi connectivity index (χ1n) is 9.26. The number of rotatable bonds is 2. The summed E-state index contributed by atoms with van der Waals surface area (Å²) < 4.78 is 5.44. The van der Waals surface area contributed by atoms with Gasteiger partial charge in [-0.15, -0.1) is 0 Å². The van der Waals surface area contributed by atoms with Crippen molar-refractivity contribution in [2.75, 3.05) is 18.0 Å². The van der Waals surface area contributed by atoms with Crippen molar-refractivity contribution in [2.24, 2.45) is 0 Å². The summed E-state index contributed by atoms with van der Waals surface area (Å²) in [6.45, 7) is 6.33. The van der Waals surface area contributed by atoms with E-state index in [1.807, 2.05) is 0 Å². The molecule has 0 radical (unpaired) electrons. The highest BCUT2D eigenvalue weighted by atomic mass is 16.6. The van der Waals surface area contributed by atoms with Crippen LogP contribution in [0.4, 0.5) is 16.2 Å². The molecule has 0 spiro atoms. The molecule has 8 heteroatoms. The highest BCUT2D eigenvalue weighted by Gasteiger charge is 2.40. The number of non-ortho nitro benzene ring substituents is 1. The first-order chi connectivity index (χ1) is 12.7. The van der Waals surface area contributed by atoms with Crippen molar-refractivity contribution < 1.29 is 19.2 Å². The molecule has 1 aromatic rings. The average molecular weight is 375 g/mol. The number of carbonyl (C=O) groups is 2. The molecule has 27 heavy (non-hydrogen) atoms. The Morgan fingerprint density at radius 1 is 1.22 bits per heavy atom. The summed E-state index contributed by atoms with van der Waals surface area (Å²) in [5.41, 5.74) is 0.827. The second kappa shape index (κ2) is 7.17. The van der Waals surface area contributed by atoms with Gasteiger partial charge in [-0.2, -0.15) is 0 Å². The van der Waals surface area contributed by atoms with Gasteiger partial charge < -0.3 is 9.64 Å². The van der Waals surface area contributed by atoms with E-state index in [9.17, 15) is 19.7 Å². The van der Waals surface area contributed by atoms with Crippen LogP contribution in [0.1, 0.15) is 45.6 Å². The van der Waals surface area contributed by atoms with Crippen LogP contribution in [0.2, 0.25) is 0 Å². The second-order valence-corrected chi connectivity index (χ2v) is 8.00. The molecule has 1 saturated heterocycles. The molecule has 0 aromatic heterocycles. The Morgan fingerprint density at radius 3 is 2.63 bits per heavy atom. The summed E-state index contributed by atoms with van der Waals surface area (Å²) in [4.78, 5) is 39.5. The zero-order valence-corrected chi connectivity index (χ0v) is 15.9. The van der Waals surface area contributed by atoms with Gasteiger partial charge in [0.25, 0.3) is 5.69 Å². The van der Waals surface area contributed by atoms with Gasteiger partial charge in [-0.05, 0) is 52.0 Å². The molecule has 2 aliphatic heterocycles. The molecule has 3 rings (SSSR count). The fourth-order valence-electron chi connectivity index (χ4n) is 3.65. The lowest BCUT2D eigenvalue weighted by Gasteiger charge is -2.34. The summed E-state index contributed by atoms with van der Waals surface area (Å²) in [5.74, 6) is -0.195. The average Bonchev–Trinajstić information content (AvgIpc) is 3.08. The van der Waals surface area contributed by atoms with Gasteiger partial charge in [-0.3, -0.25) is 19.8 Å². The maximum Gasteiger partial charge on any atom is 0.410 e. The second-order valence-electron chi connectivity index (χ2n) is 8.00. The Morgan fingerprint density at radius 2 is 1.96 bits per heavy atom. The fraction of sp³-hybridized carbons (Fsp3) is 0.579. The van der Waals surface area contributed by atoms with Crippen molar-refractivity contribution in [1.29, 1.82) is 0 Å². The Bertz CT molecular complexity index is 771. The lowest BCUT2D eigenvalue weighted by molar-refractivity contribution is -0.384. The molecular weight excluding hydrogens is 350 g/mol. The van der Waals surface area contributed by atoms with Crippen LogP contribution in [0, 0.1) is 10.1 Å². The summed E-state index contributed by atoms with van der Waals surface area (Å²) >= 11 is 0. The molecule has 0 saturated carbocycles. The third kappa shape index (κ3) is 4.04. The summed E-state index contributed by atoms with van der Waals surface area (Å²) in [6.07, 6.45) is 2.37. The molecule has 2 aliphatic rings. The van der Waals surface area contributed by atoms with Gasteiger partial charge >= 0.3 is 6.09 Å². The van der Waals surface area contributed by atoms with E-state index in [2.05, 4.69) is 0 Å². The molecule has 146 valence electrons. The number of carbonyl (C=O) groups excluding carboxylic acids is 2. The number of amides is 2. The minimum Gasteiger partial charge on any atom is -0.444 e. The molecule has 1 aromatic carbocycles. The molecule has 2 heterocycles. The number of anilines is 1.